The first kappa shape index (κ1) is 19.1. The van der Waals surface area contributed by atoms with E-state index in [0.29, 0.717) is 5.92 Å². The number of rotatable bonds is 4. The fourth-order valence-electron chi connectivity index (χ4n) is 3.79. The number of carbonyl (C=O) groups is 1. The fourth-order valence-corrected chi connectivity index (χ4v) is 3.79. The highest BCUT2D eigenvalue weighted by atomic mass is 16.5. The first-order chi connectivity index (χ1) is 14.1. The molecule has 2 N–H and O–H groups in total. The van der Waals surface area contributed by atoms with Crippen LogP contribution < -0.4 is 10.1 Å². The summed E-state index contributed by atoms with van der Waals surface area (Å²) in [5.41, 5.74) is 5.22. The Morgan fingerprint density at radius 2 is 1.93 bits per heavy atom. The number of benzene rings is 2. The number of piperidine rings is 1. The summed E-state index contributed by atoms with van der Waals surface area (Å²) in [6, 6.07) is 17.9. The lowest BCUT2D eigenvalue weighted by Gasteiger charge is -2.31. The number of amides is 2. The molecule has 1 fully saturated rings. The predicted molar refractivity (Wildman–Crippen MR) is 114 cm³/mol. The molecule has 2 aromatic carbocycles. The monoisotopic (exact) mass is 390 g/mol. The molecule has 2 heterocycles. The summed E-state index contributed by atoms with van der Waals surface area (Å²) < 4.78 is 5.21. The van der Waals surface area contributed by atoms with Crippen molar-refractivity contribution in [2.24, 2.45) is 0 Å². The van der Waals surface area contributed by atoms with Crippen molar-refractivity contribution in [2.45, 2.75) is 25.7 Å². The Hall–Kier alpha value is -3.28. The Morgan fingerprint density at radius 3 is 2.69 bits per heavy atom. The van der Waals surface area contributed by atoms with Gasteiger partial charge in [-0.3, -0.25) is 5.10 Å². The van der Waals surface area contributed by atoms with Crippen LogP contribution >= 0.6 is 0 Å². The number of anilines is 1. The molecule has 0 saturated carbocycles. The van der Waals surface area contributed by atoms with Crippen LogP contribution in [0.4, 0.5) is 10.5 Å². The number of methoxy groups -OCH3 is 1. The zero-order valence-corrected chi connectivity index (χ0v) is 16.8. The number of urea groups is 1. The van der Waals surface area contributed by atoms with Crippen LogP contribution in [0, 0.1) is 6.92 Å². The number of aromatic nitrogens is 2. The molecule has 1 aliphatic heterocycles. The van der Waals surface area contributed by atoms with E-state index in [-0.39, 0.29) is 6.03 Å². The van der Waals surface area contributed by atoms with Gasteiger partial charge in [0.05, 0.1) is 12.8 Å². The number of nitrogens with zero attached hydrogens (tertiary/aromatic N) is 2. The van der Waals surface area contributed by atoms with Crippen molar-refractivity contribution < 1.29 is 9.53 Å². The van der Waals surface area contributed by atoms with Crippen molar-refractivity contribution in [3.8, 4) is 17.0 Å². The summed E-state index contributed by atoms with van der Waals surface area (Å²) >= 11 is 0. The molecule has 3 aromatic rings. The quantitative estimate of drug-likeness (QED) is 0.672. The van der Waals surface area contributed by atoms with Crippen LogP contribution in [0.3, 0.4) is 0 Å². The van der Waals surface area contributed by atoms with Gasteiger partial charge in [-0.15, -0.1) is 0 Å². The molecule has 0 bridgehead atoms. The van der Waals surface area contributed by atoms with E-state index in [1.54, 1.807) is 7.11 Å². The van der Waals surface area contributed by atoms with Gasteiger partial charge in [0, 0.05) is 42.0 Å². The van der Waals surface area contributed by atoms with Crippen LogP contribution in [0.1, 0.15) is 30.0 Å². The van der Waals surface area contributed by atoms with Crippen molar-refractivity contribution in [1.82, 2.24) is 15.1 Å². The molecule has 0 aliphatic carbocycles. The fraction of sp³-hybridized carbons (Fsp3) is 0.304. The standard InChI is InChI=1S/C23H26N4O2/c1-16-5-3-6-18(13-16)22-15-21(25-26-22)17-9-11-27(12-10-17)23(28)24-19-7-4-8-20(14-19)29-2/h3-8,13-15,17H,9-12H2,1-2H3,(H,24,28)(H,25,26). The number of ether oxygens (including phenoxy) is 1. The number of hydrogen-bond donors (Lipinski definition) is 2. The van der Waals surface area contributed by atoms with E-state index in [1.165, 1.54) is 5.56 Å². The van der Waals surface area contributed by atoms with E-state index in [0.717, 1.165) is 54.3 Å². The van der Waals surface area contributed by atoms with Crippen molar-refractivity contribution in [1.29, 1.82) is 0 Å². The topological polar surface area (TPSA) is 70.2 Å². The van der Waals surface area contributed by atoms with Crippen molar-refractivity contribution in [3.05, 3.63) is 65.9 Å². The van der Waals surface area contributed by atoms with Crippen LogP contribution in [-0.2, 0) is 0 Å². The summed E-state index contributed by atoms with van der Waals surface area (Å²) in [6.45, 7) is 3.53. The Morgan fingerprint density at radius 1 is 1.14 bits per heavy atom. The Bertz CT molecular complexity index is 990. The van der Waals surface area contributed by atoms with Gasteiger partial charge < -0.3 is 15.0 Å². The van der Waals surface area contributed by atoms with Gasteiger partial charge in [-0.1, -0.05) is 29.8 Å². The van der Waals surface area contributed by atoms with Gasteiger partial charge in [-0.2, -0.15) is 5.10 Å². The molecule has 6 nitrogen and oxygen atoms in total. The maximum absolute atomic E-state index is 12.6. The average Bonchev–Trinajstić information content (AvgIpc) is 3.24. The van der Waals surface area contributed by atoms with Gasteiger partial charge in [-0.05, 0) is 44.0 Å². The highest BCUT2D eigenvalue weighted by molar-refractivity contribution is 5.89. The molecule has 6 heteroatoms. The number of aryl methyl sites for hydroxylation is 1. The molecule has 2 amide bonds. The molecule has 4 rings (SSSR count). The van der Waals surface area contributed by atoms with Crippen LogP contribution in [0.2, 0.25) is 0 Å². The molecular weight excluding hydrogens is 364 g/mol. The number of H-pyrrole nitrogens is 1. The summed E-state index contributed by atoms with van der Waals surface area (Å²) in [7, 11) is 1.62. The molecule has 0 spiro atoms. The van der Waals surface area contributed by atoms with E-state index in [9.17, 15) is 4.79 Å². The number of nitrogens with one attached hydrogen (secondary N) is 2. The third-order valence-corrected chi connectivity index (χ3v) is 5.45. The third kappa shape index (κ3) is 4.42. The molecule has 0 atom stereocenters. The lowest BCUT2D eigenvalue weighted by molar-refractivity contribution is 0.194. The lowest BCUT2D eigenvalue weighted by atomic mass is 9.93. The summed E-state index contributed by atoms with van der Waals surface area (Å²) in [5, 5.41) is 10.7. The highest BCUT2D eigenvalue weighted by Gasteiger charge is 2.25. The largest absolute Gasteiger partial charge is 0.497 e. The van der Waals surface area contributed by atoms with Crippen LogP contribution in [0.25, 0.3) is 11.3 Å². The van der Waals surface area contributed by atoms with Gasteiger partial charge in [-0.25, -0.2) is 4.79 Å². The maximum atomic E-state index is 12.6. The van der Waals surface area contributed by atoms with Crippen LogP contribution in [0.15, 0.2) is 54.6 Å². The number of likely N-dealkylation sites (tertiary alicyclic amines) is 1. The second kappa shape index (κ2) is 8.39. The van der Waals surface area contributed by atoms with Crippen LogP contribution in [-0.4, -0.2) is 41.3 Å². The lowest BCUT2D eigenvalue weighted by Crippen LogP contribution is -2.40. The minimum Gasteiger partial charge on any atom is -0.497 e. The Kier molecular flexibility index (Phi) is 5.51. The van der Waals surface area contributed by atoms with E-state index < -0.39 is 0 Å². The van der Waals surface area contributed by atoms with E-state index in [4.69, 9.17) is 4.74 Å². The number of aromatic amines is 1. The van der Waals surface area contributed by atoms with Crippen LogP contribution in [0.5, 0.6) is 5.75 Å². The summed E-state index contributed by atoms with van der Waals surface area (Å²) in [5.74, 6) is 1.12. The van der Waals surface area contributed by atoms with Gasteiger partial charge in [0.15, 0.2) is 0 Å². The molecular formula is C23H26N4O2. The summed E-state index contributed by atoms with van der Waals surface area (Å²) in [4.78, 5) is 14.5. The smallest absolute Gasteiger partial charge is 0.321 e. The zero-order valence-electron chi connectivity index (χ0n) is 16.8. The van der Waals surface area contributed by atoms with Gasteiger partial charge in [0.2, 0.25) is 0 Å². The molecule has 1 aliphatic rings. The first-order valence-corrected chi connectivity index (χ1v) is 9.95. The molecule has 29 heavy (non-hydrogen) atoms. The maximum Gasteiger partial charge on any atom is 0.321 e. The first-order valence-electron chi connectivity index (χ1n) is 9.95. The second-order valence-electron chi connectivity index (χ2n) is 7.50. The third-order valence-electron chi connectivity index (χ3n) is 5.45. The minimum atomic E-state index is -0.0678. The average molecular weight is 390 g/mol. The van der Waals surface area contributed by atoms with Gasteiger partial charge in [0.25, 0.3) is 0 Å². The SMILES string of the molecule is COc1cccc(NC(=O)N2CCC(c3cc(-c4cccc(C)c4)n[nH]3)CC2)c1. The van der Waals surface area contributed by atoms with E-state index >= 15 is 0 Å². The minimum absolute atomic E-state index is 0.0678. The molecule has 0 radical (unpaired) electrons. The van der Waals surface area contributed by atoms with E-state index in [1.807, 2.05) is 29.2 Å². The Labute approximate surface area is 170 Å². The molecule has 1 aromatic heterocycles. The second-order valence-corrected chi connectivity index (χ2v) is 7.50. The highest BCUT2D eigenvalue weighted by Crippen LogP contribution is 2.30. The summed E-state index contributed by atoms with van der Waals surface area (Å²) in [6.07, 6.45) is 1.84. The van der Waals surface area contributed by atoms with Gasteiger partial charge >= 0.3 is 6.03 Å². The van der Waals surface area contributed by atoms with Gasteiger partial charge in [0.1, 0.15) is 5.75 Å². The Balaban J connectivity index is 1.35. The molecule has 1 saturated heterocycles. The zero-order chi connectivity index (χ0) is 20.2. The molecule has 0 unspecified atom stereocenters. The number of hydrogen-bond acceptors (Lipinski definition) is 3. The van der Waals surface area contributed by atoms with Crippen molar-refractivity contribution >= 4 is 11.7 Å². The van der Waals surface area contributed by atoms with E-state index in [2.05, 4.69) is 52.8 Å². The number of carbonyl (C=O) groups excluding carboxylic acids is 1. The predicted octanol–water partition coefficient (Wildman–Crippen LogP) is 4.81. The molecule has 150 valence electrons. The van der Waals surface area contributed by atoms with Crippen molar-refractivity contribution in [2.75, 3.05) is 25.5 Å². The normalized spacial score (nSPS) is 14.6. The van der Waals surface area contributed by atoms with Crippen molar-refractivity contribution in [3.63, 3.8) is 0 Å².